The van der Waals surface area contributed by atoms with E-state index < -0.39 is 10.7 Å². The van der Waals surface area contributed by atoms with Crippen LogP contribution in [0.15, 0.2) is 22.7 Å². The number of aromatic nitrogens is 2. The summed E-state index contributed by atoms with van der Waals surface area (Å²) in [6.45, 7) is 4.01. The van der Waals surface area contributed by atoms with E-state index in [1.54, 1.807) is 4.68 Å². The third kappa shape index (κ3) is 2.81. The number of hydrogen-bond acceptors (Lipinski definition) is 3. The predicted molar refractivity (Wildman–Crippen MR) is 71.6 cm³/mol. The van der Waals surface area contributed by atoms with Crippen molar-refractivity contribution in [3.8, 4) is 0 Å². The Morgan fingerprint density at radius 3 is 2.63 bits per heavy atom. The second kappa shape index (κ2) is 5.08. The van der Waals surface area contributed by atoms with Gasteiger partial charge in [0.25, 0.3) is 5.69 Å². The molecular weight excluding hydrogens is 317 g/mol. The molecule has 0 aliphatic heterocycles. The maximum atomic E-state index is 13.3. The summed E-state index contributed by atoms with van der Waals surface area (Å²) in [4.78, 5) is 10.1. The highest BCUT2D eigenvalue weighted by atomic mass is 79.9. The minimum Gasteiger partial charge on any atom is -0.264 e. The lowest BCUT2D eigenvalue weighted by Crippen LogP contribution is -2.05. The van der Waals surface area contributed by atoms with E-state index in [-0.39, 0.29) is 12.2 Å². The minimum absolute atomic E-state index is 0.254. The first-order chi connectivity index (χ1) is 8.88. The Labute approximate surface area is 117 Å². The third-order valence-electron chi connectivity index (χ3n) is 2.78. The fraction of sp³-hybridized carbons (Fsp3) is 0.250. The summed E-state index contributed by atoms with van der Waals surface area (Å²) in [6.07, 6.45) is 0. The van der Waals surface area contributed by atoms with Crippen LogP contribution >= 0.6 is 15.9 Å². The number of nitro benzene ring substituents is 1. The SMILES string of the molecule is Cc1nn(Cc2cc(F)cc([N+](=O)[O-])c2)c(C)c1Br. The predicted octanol–water partition coefficient (Wildman–Crippen LogP) is 3.36. The molecule has 0 N–H and O–H groups in total. The van der Waals surface area contributed by atoms with E-state index >= 15 is 0 Å². The number of rotatable bonds is 3. The summed E-state index contributed by atoms with van der Waals surface area (Å²) in [7, 11) is 0. The van der Waals surface area contributed by atoms with E-state index in [0.29, 0.717) is 5.56 Å². The highest BCUT2D eigenvalue weighted by molar-refractivity contribution is 9.10. The molecule has 0 saturated carbocycles. The van der Waals surface area contributed by atoms with Crippen molar-refractivity contribution in [2.45, 2.75) is 20.4 Å². The van der Waals surface area contributed by atoms with E-state index in [1.807, 2.05) is 13.8 Å². The van der Waals surface area contributed by atoms with Gasteiger partial charge in [0.1, 0.15) is 5.82 Å². The lowest BCUT2D eigenvalue weighted by atomic mass is 10.2. The van der Waals surface area contributed by atoms with Crippen LogP contribution in [-0.2, 0) is 6.54 Å². The maximum Gasteiger partial charge on any atom is 0.272 e. The second-order valence-electron chi connectivity index (χ2n) is 4.22. The van der Waals surface area contributed by atoms with E-state index in [9.17, 15) is 14.5 Å². The van der Waals surface area contributed by atoms with Gasteiger partial charge in [0.2, 0.25) is 0 Å². The molecule has 19 heavy (non-hydrogen) atoms. The van der Waals surface area contributed by atoms with Crippen molar-refractivity contribution in [3.05, 3.63) is 55.6 Å². The van der Waals surface area contributed by atoms with E-state index in [0.717, 1.165) is 21.9 Å². The molecule has 0 bridgehead atoms. The van der Waals surface area contributed by atoms with Gasteiger partial charge in [0.05, 0.1) is 33.4 Å². The van der Waals surface area contributed by atoms with Gasteiger partial charge in [-0.3, -0.25) is 14.8 Å². The van der Waals surface area contributed by atoms with Crippen LogP contribution in [0.3, 0.4) is 0 Å². The number of benzene rings is 1. The lowest BCUT2D eigenvalue weighted by Gasteiger charge is -2.05. The van der Waals surface area contributed by atoms with Crippen molar-refractivity contribution in [2.24, 2.45) is 0 Å². The molecule has 0 aliphatic rings. The molecule has 1 aromatic carbocycles. The molecule has 1 aromatic heterocycles. The Kier molecular flexibility index (Phi) is 3.66. The van der Waals surface area contributed by atoms with Crippen molar-refractivity contribution >= 4 is 21.6 Å². The standard InChI is InChI=1S/C12H11BrFN3O2/c1-7-12(13)8(2)16(15-7)6-9-3-10(14)5-11(4-9)17(18)19/h3-5H,6H2,1-2H3. The summed E-state index contributed by atoms with van der Waals surface area (Å²) in [6, 6.07) is 3.53. The van der Waals surface area contributed by atoms with E-state index in [4.69, 9.17) is 0 Å². The molecule has 0 spiro atoms. The number of nitro groups is 1. The van der Waals surface area contributed by atoms with E-state index in [2.05, 4.69) is 21.0 Å². The van der Waals surface area contributed by atoms with Gasteiger partial charge in [-0.05, 0) is 41.4 Å². The Bertz CT molecular complexity index is 655. The quantitative estimate of drug-likeness (QED) is 0.641. The largest absolute Gasteiger partial charge is 0.272 e. The Balaban J connectivity index is 2.38. The van der Waals surface area contributed by atoms with Crippen LogP contribution in [-0.4, -0.2) is 14.7 Å². The van der Waals surface area contributed by atoms with Crippen molar-refractivity contribution in [2.75, 3.05) is 0 Å². The lowest BCUT2D eigenvalue weighted by molar-refractivity contribution is -0.385. The van der Waals surface area contributed by atoms with Crippen LogP contribution in [0.4, 0.5) is 10.1 Å². The number of non-ortho nitro benzene ring substituents is 1. The van der Waals surface area contributed by atoms with Gasteiger partial charge in [-0.25, -0.2) is 4.39 Å². The first kappa shape index (κ1) is 13.7. The molecule has 1 heterocycles. The minimum atomic E-state index is -0.621. The molecule has 2 rings (SSSR count). The fourth-order valence-electron chi connectivity index (χ4n) is 1.83. The fourth-order valence-corrected chi connectivity index (χ4v) is 2.12. The number of hydrogen-bond donors (Lipinski definition) is 0. The van der Waals surface area contributed by atoms with Crippen molar-refractivity contribution < 1.29 is 9.31 Å². The summed E-state index contributed by atoms with van der Waals surface area (Å²) < 4.78 is 15.9. The molecule has 0 atom stereocenters. The Morgan fingerprint density at radius 2 is 2.11 bits per heavy atom. The maximum absolute atomic E-state index is 13.3. The van der Waals surface area contributed by atoms with Gasteiger partial charge in [0.15, 0.2) is 0 Å². The summed E-state index contributed by atoms with van der Waals surface area (Å²) in [5.41, 5.74) is 1.97. The molecule has 100 valence electrons. The molecule has 0 radical (unpaired) electrons. The van der Waals surface area contributed by atoms with Crippen molar-refractivity contribution in [1.29, 1.82) is 0 Å². The topological polar surface area (TPSA) is 61.0 Å². The molecule has 0 amide bonds. The summed E-state index contributed by atoms with van der Waals surface area (Å²) >= 11 is 3.40. The van der Waals surface area contributed by atoms with Crippen LogP contribution in [0.2, 0.25) is 0 Å². The zero-order valence-corrected chi connectivity index (χ0v) is 11.9. The van der Waals surface area contributed by atoms with Gasteiger partial charge in [-0.15, -0.1) is 0 Å². The number of aryl methyl sites for hydroxylation is 1. The molecule has 0 unspecified atom stereocenters. The number of halogens is 2. The summed E-state index contributed by atoms with van der Waals surface area (Å²) in [5, 5.41) is 15.0. The van der Waals surface area contributed by atoms with E-state index in [1.165, 1.54) is 12.1 Å². The Morgan fingerprint density at radius 1 is 1.42 bits per heavy atom. The highest BCUT2D eigenvalue weighted by Crippen LogP contribution is 2.22. The number of nitrogens with zero attached hydrogens (tertiary/aromatic N) is 3. The van der Waals surface area contributed by atoms with Crippen LogP contribution in [0.25, 0.3) is 0 Å². The van der Waals surface area contributed by atoms with Gasteiger partial charge in [0, 0.05) is 6.07 Å². The van der Waals surface area contributed by atoms with Crippen LogP contribution in [0, 0.1) is 29.8 Å². The molecular formula is C12H11BrFN3O2. The first-order valence-electron chi connectivity index (χ1n) is 5.52. The highest BCUT2D eigenvalue weighted by Gasteiger charge is 2.13. The Hall–Kier alpha value is -1.76. The molecule has 2 aromatic rings. The summed E-state index contributed by atoms with van der Waals surface area (Å²) in [5.74, 6) is -0.621. The van der Waals surface area contributed by atoms with Crippen LogP contribution in [0.5, 0.6) is 0 Å². The van der Waals surface area contributed by atoms with Gasteiger partial charge in [-0.2, -0.15) is 5.10 Å². The first-order valence-corrected chi connectivity index (χ1v) is 6.31. The molecule has 0 saturated heterocycles. The molecule has 0 aliphatic carbocycles. The smallest absolute Gasteiger partial charge is 0.264 e. The van der Waals surface area contributed by atoms with Crippen LogP contribution in [0.1, 0.15) is 17.0 Å². The monoisotopic (exact) mass is 327 g/mol. The zero-order valence-electron chi connectivity index (χ0n) is 10.4. The molecule has 5 nitrogen and oxygen atoms in total. The van der Waals surface area contributed by atoms with Crippen molar-refractivity contribution in [3.63, 3.8) is 0 Å². The average molecular weight is 328 g/mol. The van der Waals surface area contributed by atoms with Gasteiger partial charge < -0.3 is 0 Å². The second-order valence-corrected chi connectivity index (χ2v) is 5.01. The third-order valence-corrected chi connectivity index (χ3v) is 3.93. The van der Waals surface area contributed by atoms with Gasteiger partial charge in [-0.1, -0.05) is 0 Å². The van der Waals surface area contributed by atoms with Gasteiger partial charge >= 0.3 is 0 Å². The average Bonchev–Trinajstić information content (AvgIpc) is 2.56. The van der Waals surface area contributed by atoms with Crippen LogP contribution < -0.4 is 0 Å². The zero-order chi connectivity index (χ0) is 14.2. The molecule has 0 fully saturated rings. The molecule has 7 heteroatoms. The normalized spacial score (nSPS) is 10.7. The van der Waals surface area contributed by atoms with Crippen molar-refractivity contribution in [1.82, 2.24) is 9.78 Å².